The van der Waals surface area contributed by atoms with Crippen LogP contribution in [0.1, 0.15) is 46.6 Å². The van der Waals surface area contributed by atoms with E-state index in [1.807, 2.05) is 13.8 Å². The minimum absolute atomic E-state index is 0.207. The van der Waals surface area contributed by atoms with Gasteiger partial charge in [-0.1, -0.05) is 32.9 Å². The average molecular weight is 249 g/mol. The van der Waals surface area contributed by atoms with Gasteiger partial charge in [-0.15, -0.1) is 0 Å². The van der Waals surface area contributed by atoms with E-state index in [1.54, 1.807) is 0 Å². The van der Waals surface area contributed by atoms with Crippen molar-refractivity contribution in [1.29, 1.82) is 0 Å². The van der Waals surface area contributed by atoms with Crippen LogP contribution in [0.25, 0.3) is 0 Å². The lowest BCUT2D eigenvalue weighted by atomic mass is 9.81. The first-order valence-corrected chi connectivity index (χ1v) is 6.93. The summed E-state index contributed by atoms with van der Waals surface area (Å²) in [6, 6.07) is 8.52. The molecule has 0 aliphatic carbocycles. The molecule has 0 aliphatic rings. The molecule has 1 N–H and O–H groups in total. The van der Waals surface area contributed by atoms with Crippen molar-refractivity contribution < 1.29 is 4.74 Å². The SMILES string of the molecule is CCNCCC(C)(C)c1ccc(OC(C)C)cc1. The quantitative estimate of drug-likeness (QED) is 0.743. The van der Waals surface area contributed by atoms with Gasteiger partial charge in [0.2, 0.25) is 0 Å². The van der Waals surface area contributed by atoms with Crippen molar-refractivity contribution in [2.75, 3.05) is 13.1 Å². The van der Waals surface area contributed by atoms with E-state index < -0.39 is 0 Å². The predicted octanol–water partition coefficient (Wildman–Crippen LogP) is 3.75. The Morgan fingerprint density at radius 2 is 1.78 bits per heavy atom. The molecular formula is C16H27NO. The Bertz CT molecular complexity index is 341. The molecule has 0 aliphatic heterocycles. The fourth-order valence-electron chi connectivity index (χ4n) is 1.98. The largest absolute Gasteiger partial charge is 0.491 e. The van der Waals surface area contributed by atoms with Crippen LogP contribution in [0.4, 0.5) is 0 Å². The third-order valence-corrected chi connectivity index (χ3v) is 3.18. The molecule has 0 aromatic heterocycles. The van der Waals surface area contributed by atoms with Gasteiger partial charge in [0.1, 0.15) is 5.75 Å². The second-order valence-electron chi connectivity index (χ2n) is 5.68. The Labute approximate surface area is 112 Å². The molecule has 0 atom stereocenters. The van der Waals surface area contributed by atoms with Crippen molar-refractivity contribution in [1.82, 2.24) is 5.32 Å². The molecule has 1 aromatic rings. The first-order valence-electron chi connectivity index (χ1n) is 6.93. The molecule has 0 saturated carbocycles. The van der Waals surface area contributed by atoms with E-state index in [9.17, 15) is 0 Å². The van der Waals surface area contributed by atoms with Gasteiger partial charge in [0.15, 0.2) is 0 Å². The van der Waals surface area contributed by atoms with E-state index in [4.69, 9.17) is 4.74 Å². The smallest absolute Gasteiger partial charge is 0.119 e. The molecule has 0 saturated heterocycles. The molecule has 1 rings (SSSR count). The Morgan fingerprint density at radius 3 is 2.28 bits per heavy atom. The second kappa shape index (κ2) is 6.79. The molecule has 18 heavy (non-hydrogen) atoms. The summed E-state index contributed by atoms with van der Waals surface area (Å²) in [5, 5.41) is 3.39. The lowest BCUT2D eigenvalue weighted by Crippen LogP contribution is -2.25. The van der Waals surface area contributed by atoms with Crippen LogP contribution in [0.3, 0.4) is 0 Å². The molecular weight excluding hydrogens is 222 g/mol. The van der Waals surface area contributed by atoms with Gasteiger partial charge in [-0.05, 0) is 56.5 Å². The fraction of sp³-hybridized carbons (Fsp3) is 0.625. The number of benzene rings is 1. The van der Waals surface area contributed by atoms with Crippen LogP contribution in [-0.2, 0) is 5.41 Å². The molecule has 0 spiro atoms. The fourth-order valence-corrected chi connectivity index (χ4v) is 1.98. The van der Waals surface area contributed by atoms with Crippen LogP contribution in [0.2, 0.25) is 0 Å². The van der Waals surface area contributed by atoms with E-state index in [1.165, 1.54) is 5.56 Å². The van der Waals surface area contributed by atoms with Gasteiger partial charge in [0.05, 0.1) is 6.10 Å². The second-order valence-corrected chi connectivity index (χ2v) is 5.68. The topological polar surface area (TPSA) is 21.3 Å². The zero-order chi connectivity index (χ0) is 13.6. The van der Waals surface area contributed by atoms with E-state index in [0.29, 0.717) is 0 Å². The van der Waals surface area contributed by atoms with Gasteiger partial charge in [-0.25, -0.2) is 0 Å². The summed E-state index contributed by atoms with van der Waals surface area (Å²) in [4.78, 5) is 0. The Kier molecular flexibility index (Phi) is 5.67. The van der Waals surface area contributed by atoms with Crippen LogP contribution in [-0.4, -0.2) is 19.2 Å². The van der Waals surface area contributed by atoms with Crippen LogP contribution in [0, 0.1) is 0 Å². The van der Waals surface area contributed by atoms with Crippen LogP contribution < -0.4 is 10.1 Å². The first-order chi connectivity index (χ1) is 8.45. The average Bonchev–Trinajstić information content (AvgIpc) is 2.29. The maximum Gasteiger partial charge on any atom is 0.119 e. The molecule has 2 heteroatoms. The predicted molar refractivity (Wildman–Crippen MR) is 78.4 cm³/mol. The van der Waals surface area contributed by atoms with E-state index in [0.717, 1.165) is 25.3 Å². The Hall–Kier alpha value is -1.02. The van der Waals surface area contributed by atoms with Crippen molar-refractivity contribution in [3.05, 3.63) is 29.8 Å². The summed E-state index contributed by atoms with van der Waals surface area (Å²) < 4.78 is 5.67. The standard InChI is InChI=1S/C16H27NO/c1-6-17-12-11-16(4,5)14-7-9-15(10-8-14)18-13(2)3/h7-10,13,17H,6,11-12H2,1-5H3. The van der Waals surface area contributed by atoms with Crippen molar-refractivity contribution >= 4 is 0 Å². The molecule has 2 nitrogen and oxygen atoms in total. The molecule has 0 radical (unpaired) electrons. The highest BCUT2D eigenvalue weighted by Gasteiger charge is 2.19. The van der Waals surface area contributed by atoms with Crippen LogP contribution in [0.5, 0.6) is 5.75 Å². The maximum absolute atomic E-state index is 5.67. The van der Waals surface area contributed by atoms with Crippen molar-refractivity contribution in [2.24, 2.45) is 0 Å². The molecule has 0 amide bonds. The molecule has 0 fully saturated rings. The summed E-state index contributed by atoms with van der Waals surface area (Å²) in [5.74, 6) is 0.955. The van der Waals surface area contributed by atoms with E-state index >= 15 is 0 Å². The normalized spacial score (nSPS) is 11.9. The zero-order valence-corrected chi connectivity index (χ0v) is 12.4. The van der Waals surface area contributed by atoms with Crippen LogP contribution in [0.15, 0.2) is 24.3 Å². The summed E-state index contributed by atoms with van der Waals surface area (Å²) in [7, 11) is 0. The molecule has 0 heterocycles. The highest BCUT2D eigenvalue weighted by molar-refractivity contribution is 5.31. The summed E-state index contributed by atoms with van der Waals surface area (Å²) in [6.07, 6.45) is 1.38. The third-order valence-electron chi connectivity index (χ3n) is 3.18. The monoisotopic (exact) mass is 249 g/mol. The molecule has 0 unspecified atom stereocenters. The van der Waals surface area contributed by atoms with E-state index in [2.05, 4.69) is 50.4 Å². The van der Waals surface area contributed by atoms with Crippen molar-refractivity contribution in [3.63, 3.8) is 0 Å². The van der Waals surface area contributed by atoms with Gasteiger partial charge in [0, 0.05) is 0 Å². The number of nitrogens with one attached hydrogen (secondary N) is 1. The van der Waals surface area contributed by atoms with Gasteiger partial charge in [0.25, 0.3) is 0 Å². The summed E-state index contributed by atoms with van der Waals surface area (Å²) >= 11 is 0. The Morgan fingerprint density at radius 1 is 1.17 bits per heavy atom. The number of hydrogen-bond donors (Lipinski definition) is 1. The highest BCUT2D eigenvalue weighted by Crippen LogP contribution is 2.28. The van der Waals surface area contributed by atoms with Gasteiger partial charge < -0.3 is 10.1 Å². The minimum atomic E-state index is 0.207. The molecule has 1 aromatic carbocycles. The third kappa shape index (κ3) is 4.69. The van der Waals surface area contributed by atoms with Gasteiger partial charge in [-0.2, -0.15) is 0 Å². The number of ether oxygens (including phenoxy) is 1. The lowest BCUT2D eigenvalue weighted by Gasteiger charge is -2.25. The highest BCUT2D eigenvalue weighted by atomic mass is 16.5. The van der Waals surface area contributed by atoms with Gasteiger partial charge in [-0.3, -0.25) is 0 Å². The number of rotatable bonds is 7. The summed E-state index contributed by atoms with van der Waals surface area (Å²) in [5.41, 5.74) is 1.58. The molecule has 102 valence electrons. The lowest BCUT2D eigenvalue weighted by molar-refractivity contribution is 0.242. The minimum Gasteiger partial charge on any atom is -0.491 e. The zero-order valence-electron chi connectivity index (χ0n) is 12.4. The Balaban J connectivity index is 2.65. The van der Waals surface area contributed by atoms with Crippen LogP contribution >= 0.6 is 0 Å². The maximum atomic E-state index is 5.67. The van der Waals surface area contributed by atoms with Gasteiger partial charge >= 0.3 is 0 Å². The molecule has 0 bridgehead atoms. The summed E-state index contributed by atoms with van der Waals surface area (Å²) in [6.45, 7) is 12.9. The first kappa shape index (κ1) is 15.0. The van der Waals surface area contributed by atoms with E-state index in [-0.39, 0.29) is 11.5 Å². The van der Waals surface area contributed by atoms with Crippen molar-refractivity contribution in [3.8, 4) is 5.75 Å². The number of hydrogen-bond acceptors (Lipinski definition) is 2. The van der Waals surface area contributed by atoms with Crippen molar-refractivity contribution in [2.45, 2.75) is 52.6 Å².